The Hall–Kier alpha value is -2.38. The van der Waals surface area contributed by atoms with E-state index in [1.54, 1.807) is 33.1 Å². The van der Waals surface area contributed by atoms with E-state index >= 15 is 0 Å². The number of hydrogen-bond acceptors (Lipinski definition) is 4. The lowest BCUT2D eigenvalue weighted by atomic mass is 10.1. The summed E-state index contributed by atoms with van der Waals surface area (Å²) in [6, 6.07) is 9.92. The van der Waals surface area contributed by atoms with Gasteiger partial charge in [-0.3, -0.25) is 4.79 Å². The van der Waals surface area contributed by atoms with Gasteiger partial charge in [-0.05, 0) is 44.5 Å². The zero-order valence-electron chi connectivity index (χ0n) is 15.6. The molecule has 0 fully saturated rings. The molecule has 2 N–H and O–H groups in total. The number of aryl methyl sites for hydroxylation is 2. The number of rotatable bonds is 6. The molecule has 0 bridgehead atoms. The lowest BCUT2D eigenvalue weighted by Gasteiger charge is -2.19. The normalized spacial score (nSPS) is 12.5. The van der Waals surface area contributed by atoms with Gasteiger partial charge in [0.1, 0.15) is 5.75 Å². The van der Waals surface area contributed by atoms with Crippen molar-refractivity contribution >= 4 is 21.6 Å². The summed E-state index contributed by atoms with van der Waals surface area (Å²) in [5.41, 5.74) is 2.79. The number of sulfonamides is 1. The number of methoxy groups -OCH3 is 1. The largest absolute Gasteiger partial charge is 0.496 e. The minimum absolute atomic E-state index is 0.127. The number of benzene rings is 2. The van der Waals surface area contributed by atoms with Crippen molar-refractivity contribution in [3.63, 3.8) is 0 Å². The topological polar surface area (TPSA) is 84.5 Å². The van der Waals surface area contributed by atoms with E-state index in [0.29, 0.717) is 17.0 Å². The zero-order chi connectivity index (χ0) is 19.5. The van der Waals surface area contributed by atoms with Gasteiger partial charge < -0.3 is 10.1 Å². The molecule has 1 unspecified atom stereocenters. The number of carbonyl (C=O) groups excluding carboxylic acids is 1. The van der Waals surface area contributed by atoms with Crippen LogP contribution in [0.5, 0.6) is 5.75 Å². The lowest BCUT2D eigenvalue weighted by molar-refractivity contribution is -0.114. The van der Waals surface area contributed by atoms with Crippen LogP contribution in [0.1, 0.15) is 36.6 Å². The molecule has 0 saturated heterocycles. The minimum Gasteiger partial charge on any atom is -0.496 e. The number of nitrogens with one attached hydrogen (secondary N) is 2. The molecule has 0 aromatic heterocycles. The molecule has 2 aromatic rings. The van der Waals surface area contributed by atoms with Gasteiger partial charge >= 0.3 is 0 Å². The van der Waals surface area contributed by atoms with Crippen molar-refractivity contribution in [1.82, 2.24) is 4.72 Å². The van der Waals surface area contributed by atoms with E-state index < -0.39 is 16.1 Å². The summed E-state index contributed by atoms with van der Waals surface area (Å²) in [6.07, 6.45) is 0. The summed E-state index contributed by atoms with van der Waals surface area (Å²) in [4.78, 5) is 11.4. The van der Waals surface area contributed by atoms with Gasteiger partial charge in [0.05, 0.1) is 12.0 Å². The Kier molecular flexibility index (Phi) is 6.05. The van der Waals surface area contributed by atoms with Crippen LogP contribution in [0.4, 0.5) is 5.69 Å². The quantitative estimate of drug-likeness (QED) is 0.810. The molecule has 2 aromatic carbocycles. The predicted molar refractivity (Wildman–Crippen MR) is 102 cm³/mol. The van der Waals surface area contributed by atoms with Crippen molar-refractivity contribution in [2.24, 2.45) is 0 Å². The molecule has 7 heteroatoms. The van der Waals surface area contributed by atoms with Gasteiger partial charge in [0.15, 0.2) is 0 Å². The average Bonchev–Trinajstić information content (AvgIpc) is 2.55. The predicted octanol–water partition coefficient (Wildman–Crippen LogP) is 3.31. The van der Waals surface area contributed by atoms with Crippen molar-refractivity contribution in [2.45, 2.75) is 38.6 Å². The van der Waals surface area contributed by atoms with Gasteiger partial charge in [-0.15, -0.1) is 0 Å². The highest BCUT2D eigenvalue weighted by molar-refractivity contribution is 7.89. The van der Waals surface area contributed by atoms with Gasteiger partial charge in [0, 0.05) is 24.2 Å². The van der Waals surface area contributed by atoms with Crippen molar-refractivity contribution in [3.05, 3.63) is 53.1 Å². The minimum atomic E-state index is -3.79. The van der Waals surface area contributed by atoms with E-state index in [2.05, 4.69) is 10.0 Å². The van der Waals surface area contributed by atoms with Gasteiger partial charge in [0.2, 0.25) is 15.9 Å². The Labute approximate surface area is 154 Å². The van der Waals surface area contributed by atoms with E-state index in [9.17, 15) is 13.2 Å². The van der Waals surface area contributed by atoms with E-state index in [1.807, 2.05) is 25.1 Å². The maximum absolute atomic E-state index is 12.9. The van der Waals surface area contributed by atoms with E-state index in [-0.39, 0.29) is 10.8 Å². The lowest BCUT2D eigenvalue weighted by Crippen LogP contribution is -2.28. The maximum atomic E-state index is 12.9. The standard InChI is InChI=1S/C19H24N2O4S/c1-12-6-9-18(25-5)17(10-12)14(3)21-26(23,24)19-11-16(20-15(4)22)8-7-13(19)2/h6-11,14,21H,1-5H3,(H,20,22). The van der Waals surface area contributed by atoms with Crippen LogP contribution in [0.2, 0.25) is 0 Å². The maximum Gasteiger partial charge on any atom is 0.241 e. The Morgan fingerprint density at radius 1 is 1.12 bits per heavy atom. The monoisotopic (exact) mass is 376 g/mol. The molecule has 0 aliphatic heterocycles. The van der Waals surface area contributed by atoms with Crippen molar-refractivity contribution < 1.29 is 17.9 Å². The van der Waals surface area contributed by atoms with E-state index in [1.165, 1.54) is 13.0 Å². The fourth-order valence-electron chi connectivity index (χ4n) is 2.72. The summed E-state index contributed by atoms with van der Waals surface area (Å²) < 4.78 is 33.8. The smallest absolute Gasteiger partial charge is 0.241 e. The molecule has 0 saturated carbocycles. The molecule has 140 valence electrons. The molecule has 0 aliphatic rings. The Bertz CT molecular complexity index is 923. The second-order valence-corrected chi connectivity index (χ2v) is 7.93. The highest BCUT2D eigenvalue weighted by Crippen LogP contribution is 2.28. The highest BCUT2D eigenvalue weighted by atomic mass is 32.2. The van der Waals surface area contributed by atoms with Crippen LogP contribution in [0, 0.1) is 13.8 Å². The van der Waals surface area contributed by atoms with Crippen molar-refractivity contribution in [2.75, 3.05) is 12.4 Å². The summed E-state index contributed by atoms with van der Waals surface area (Å²) in [6.45, 7) is 6.79. The van der Waals surface area contributed by atoms with Crippen molar-refractivity contribution in [1.29, 1.82) is 0 Å². The second kappa shape index (κ2) is 7.88. The molecule has 26 heavy (non-hydrogen) atoms. The number of carbonyl (C=O) groups is 1. The SMILES string of the molecule is COc1ccc(C)cc1C(C)NS(=O)(=O)c1cc(NC(C)=O)ccc1C. The van der Waals surface area contributed by atoms with Gasteiger partial charge in [0.25, 0.3) is 0 Å². The average molecular weight is 376 g/mol. The summed E-state index contributed by atoms with van der Waals surface area (Å²) >= 11 is 0. The first-order valence-corrected chi connectivity index (χ1v) is 9.67. The van der Waals surface area contributed by atoms with Crippen LogP contribution in [0.3, 0.4) is 0 Å². The van der Waals surface area contributed by atoms with Gasteiger partial charge in [-0.25, -0.2) is 13.1 Å². The van der Waals surface area contributed by atoms with Gasteiger partial charge in [-0.2, -0.15) is 0 Å². The molecule has 1 amide bonds. The van der Waals surface area contributed by atoms with E-state index in [4.69, 9.17) is 4.74 Å². The molecular formula is C19H24N2O4S. The van der Waals surface area contributed by atoms with Gasteiger partial charge in [-0.1, -0.05) is 23.8 Å². The molecule has 2 rings (SSSR count). The Morgan fingerprint density at radius 2 is 1.81 bits per heavy atom. The number of anilines is 1. The molecular weight excluding hydrogens is 352 g/mol. The van der Waals surface area contributed by atoms with Crippen LogP contribution in [-0.4, -0.2) is 21.4 Å². The van der Waals surface area contributed by atoms with Crippen LogP contribution < -0.4 is 14.8 Å². The molecule has 0 radical (unpaired) electrons. The third-order valence-electron chi connectivity index (χ3n) is 3.98. The molecule has 0 heterocycles. The molecule has 6 nitrogen and oxygen atoms in total. The molecule has 0 aliphatic carbocycles. The highest BCUT2D eigenvalue weighted by Gasteiger charge is 2.23. The van der Waals surface area contributed by atoms with E-state index in [0.717, 1.165) is 11.1 Å². The first-order chi connectivity index (χ1) is 12.1. The molecule has 1 atom stereocenters. The number of amides is 1. The Balaban J connectivity index is 2.37. The third-order valence-corrected chi connectivity index (χ3v) is 5.66. The summed E-state index contributed by atoms with van der Waals surface area (Å²) in [5, 5.41) is 2.60. The summed E-state index contributed by atoms with van der Waals surface area (Å²) in [5.74, 6) is 0.359. The van der Waals surface area contributed by atoms with Crippen molar-refractivity contribution in [3.8, 4) is 5.75 Å². The number of hydrogen-bond donors (Lipinski definition) is 2. The van der Waals surface area contributed by atoms with Crippen LogP contribution in [0.15, 0.2) is 41.3 Å². The molecule has 0 spiro atoms. The Morgan fingerprint density at radius 3 is 2.42 bits per heavy atom. The first-order valence-electron chi connectivity index (χ1n) is 8.19. The zero-order valence-corrected chi connectivity index (χ0v) is 16.4. The number of ether oxygens (including phenoxy) is 1. The first kappa shape index (κ1) is 19.9. The summed E-state index contributed by atoms with van der Waals surface area (Å²) in [7, 11) is -2.24. The fourth-order valence-corrected chi connectivity index (χ4v) is 4.22. The second-order valence-electron chi connectivity index (χ2n) is 6.25. The van der Waals surface area contributed by atoms with Crippen LogP contribution in [0.25, 0.3) is 0 Å². The fraction of sp³-hybridized carbons (Fsp3) is 0.316. The van der Waals surface area contributed by atoms with Crippen LogP contribution >= 0.6 is 0 Å². The third kappa shape index (κ3) is 4.62. The van der Waals surface area contributed by atoms with Crippen LogP contribution in [-0.2, 0) is 14.8 Å².